The molecule has 156 valence electrons. The zero-order valence-electron chi connectivity index (χ0n) is 16.2. The summed E-state index contributed by atoms with van der Waals surface area (Å²) in [6, 6.07) is 14.6. The highest BCUT2D eigenvalue weighted by Crippen LogP contribution is 2.19. The Morgan fingerprint density at radius 2 is 1.77 bits per heavy atom. The molecular weight excluding hydrogens is 435 g/mol. The van der Waals surface area contributed by atoms with Crippen molar-refractivity contribution in [2.45, 2.75) is 12.8 Å². The van der Waals surface area contributed by atoms with Gasteiger partial charge in [0.15, 0.2) is 0 Å². The quantitative estimate of drug-likeness (QED) is 0.304. The van der Waals surface area contributed by atoms with Crippen LogP contribution in [0.2, 0.25) is 0 Å². The van der Waals surface area contributed by atoms with Crippen molar-refractivity contribution in [3.8, 4) is 5.75 Å². The van der Waals surface area contributed by atoms with Crippen molar-refractivity contribution in [2.24, 2.45) is 0 Å². The van der Waals surface area contributed by atoms with Crippen molar-refractivity contribution in [2.75, 3.05) is 5.32 Å². The first kappa shape index (κ1) is 20.9. The second-order valence-corrected chi connectivity index (χ2v) is 8.40. The molecule has 0 atom stereocenters. The van der Waals surface area contributed by atoms with Gasteiger partial charge in [0.2, 0.25) is 0 Å². The average molecular weight is 453 g/mol. The van der Waals surface area contributed by atoms with Gasteiger partial charge < -0.3 is 10.1 Å². The minimum Gasteiger partial charge on any atom is -0.426 e. The van der Waals surface area contributed by atoms with E-state index in [0.717, 1.165) is 10.6 Å². The van der Waals surface area contributed by atoms with Crippen LogP contribution in [0.5, 0.6) is 5.75 Å². The molecule has 5 nitrogen and oxygen atoms in total. The molecule has 8 heteroatoms. The highest BCUT2D eigenvalue weighted by molar-refractivity contribution is 7.09. The lowest BCUT2D eigenvalue weighted by atomic mass is 10.1. The first-order chi connectivity index (χ1) is 15.0. The van der Waals surface area contributed by atoms with Gasteiger partial charge >= 0.3 is 5.97 Å². The van der Waals surface area contributed by atoms with E-state index in [1.807, 2.05) is 10.8 Å². The number of hydrogen-bond acceptors (Lipinski definition) is 6. The zero-order valence-corrected chi connectivity index (χ0v) is 17.8. The number of hydrogen-bond donors (Lipinski definition) is 1. The summed E-state index contributed by atoms with van der Waals surface area (Å²) in [7, 11) is 0. The number of carbonyl (C=O) groups is 2. The van der Waals surface area contributed by atoms with Crippen molar-refractivity contribution < 1.29 is 18.7 Å². The number of thiazole rings is 1. The molecule has 0 radical (unpaired) electrons. The van der Waals surface area contributed by atoms with Crippen LogP contribution in [-0.4, -0.2) is 16.9 Å². The van der Waals surface area contributed by atoms with Crippen molar-refractivity contribution in [3.05, 3.63) is 98.4 Å². The van der Waals surface area contributed by atoms with Gasteiger partial charge in [-0.25, -0.2) is 9.37 Å². The highest BCUT2D eigenvalue weighted by Gasteiger charge is 2.11. The summed E-state index contributed by atoms with van der Waals surface area (Å²) >= 11 is 2.91. The molecular formula is C23H17FN2O3S2. The number of amides is 1. The predicted octanol–water partition coefficient (Wildman–Crippen LogP) is 5.33. The molecule has 0 spiro atoms. The molecule has 0 saturated carbocycles. The molecule has 0 fully saturated rings. The molecule has 0 aliphatic heterocycles. The minimum atomic E-state index is -0.423. The van der Waals surface area contributed by atoms with Gasteiger partial charge in [-0.2, -0.15) is 11.3 Å². The second-order valence-electron chi connectivity index (χ2n) is 6.68. The molecule has 0 bridgehead atoms. The number of benzene rings is 2. The van der Waals surface area contributed by atoms with Crippen molar-refractivity contribution in [3.63, 3.8) is 0 Å². The van der Waals surface area contributed by atoms with E-state index in [9.17, 15) is 14.0 Å². The Labute approximate surface area is 186 Å². The van der Waals surface area contributed by atoms with E-state index in [1.165, 1.54) is 34.8 Å². The van der Waals surface area contributed by atoms with Gasteiger partial charge in [0.05, 0.1) is 22.7 Å². The lowest BCUT2D eigenvalue weighted by molar-refractivity contribution is -0.133. The third kappa shape index (κ3) is 5.84. The Kier molecular flexibility index (Phi) is 6.49. The summed E-state index contributed by atoms with van der Waals surface area (Å²) in [6.45, 7) is 0. The minimum absolute atomic E-state index is 0.0521. The van der Waals surface area contributed by atoms with E-state index in [2.05, 4.69) is 10.3 Å². The van der Waals surface area contributed by atoms with Crippen LogP contribution < -0.4 is 10.1 Å². The summed E-state index contributed by atoms with van der Waals surface area (Å²) < 4.78 is 18.4. The van der Waals surface area contributed by atoms with Crippen molar-refractivity contribution in [1.82, 2.24) is 4.98 Å². The fourth-order valence-corrected chi connectivity index (χ4v) is 4.27. The molecule has 0 aliphatic rings. The van der Waals surface area contributed by atoms with Gasteiger partial charge in [0.25, 0.3) is 5.91 Å². The van der Waals surface area contributed by atoms with Gasteiger partial charge in [-0.3, -0.25) is 9.59 Å². The first-order valence-electron chi connectivity index (χ1n) is 9.37. The third-order valence-electron chi connectivity index (χ3n) is 4.32. The van der Waals surface area contributed by atoms with Crippen LogP contribution in [0.4, 0.5) is 10.1 Å². The fourth-order valence-electron chi connectivity index (χ4n) is 2.81. The Morgan fingerprint density at radius 3 is 2.48 bits per heavy atom. The van der Waals surface area contributed by atoms with E-state index >= 15 is 0 Å². The van der Waals surface area contributed by atoms with Gasteiger partial charge in [-0.15, -0.1) is 11.3 Å². The number of nitrogens with zero attached hydrogens (tertiary/aromatic N) is 1. The molecule has 0 aliphatic carbocycles. The van der Waals surface area contributed by atoms with Gasteiger partial charge in [0, 0.05) is 22.9 Å². The number of carbonyl (C=O) groups excluding carboxylic acids is 2. The maximum atomic E-state index is 13.0. The first-order valence-corrected chi connectivity index (χ1v) is 11.2. The number of aromatic nitrogens is 1. The zero-order chi connectivity index (χ0) is 21.6. The lowest BCUT2D eigenvalue weighted by Gasteiger charge is -2.06. The van der Waals surface area contributed by atoms with Crippen LogP contribution in [0.15, 0.2) is 70.7 Å². The van der Waals surface area contributed by atoms with Crippen LogP contribution in [0, 0.1) is 5.82 Å². The van der Waals surface area contributed by atoms with Crippen LogP contribution in [0.3, 0.4) is 0 Å². The number of esters is 1. The molecule has 4 rings (SSSR count). The van der Waals surface area contributed by atoms with Gasteiger partial charge in [-0.1, -0.05) is 12.1 Å². The molecule has 0 saturated heterocycles. The van der Waals surface area contributed by atoms with Crippen LogP contribution in [-0.2, 0) is 17.6 Å². The molecule has 2 aromatic heterocycles. The number of rotatable bonds is 7. The standard InChI is InChI=1S/C23H17FN2O3S2/c24-17-3-1-15(2-4-17)11-21-25-19(14-31-21)12-22(27)29-20-7-5-18(6-8-20)26-23(28)16-9-10-30-13-16/h1-10,13-14H,11-12H2,(H,26,28). The predicted molar refractivity (Wildman–Crippen MR) is 119 cm³/mol. The summed E-state index contributed by atoms with van der Waals surface area (Å²) in [6.07, 6.45) is 0.634. The normalized spacial score (nSPS) is 10.6. The maximum Gasteiger partial charge on any atom is 0.317 e. The van der Waals surface area contributed by atoms with Crippen LogP contribution in [0.1, 0.15) is 26.6 Å². The molecule has 0 unspecified atom stereocenters. The maximum absolute atomic E-state index is 13.0. The smallest absolute Gasteiger partial charge is 0.317 e. The van der Waals surface area contributed by atoms with Crippen LogP contribution >= 0.6 is 22.7 Å². The summed E-state index contributed by atoms with van der Waals surface area (Å²) in [5.41, 5.74) is 2.80. The topological polar surface area (TPSA) is 68.3 Å². The van der Waals surface area contributed by atoms with E-state index in [1.54, 1.807) is 47.8 Å². The fraction of sp³-hybridized carbons (Fsp3) is 0.0870. The number of halogens is 1. The Bertz CT molecular complexity index is 1170. The van der Waals surface area contributed by atoms with E-state index in [0.29, 0.717) is 29.1 Å². The average Bonchev–Trinajstić information content (AvgIpc) is 3.44. The second kappa shape index (κ2) is 9.63. The van der Waals surface area contributed by atoms with E-state index in [4.69, 9.17) is 4.74 Å². The molecule has 4 aromatic rings. The number of anilines is 1. The van der Waals surface area contributed by atoms with E-state index in [-0.39, 0.29) is 18.1 Å². The summed E-state index contributed by atoms with van der Waals surface area (Å²) in [5.74, 6) is -0.496. The monoisotopic (exact) mass is 452 g/mol. The Morgan fingerprint density at radius 1 is 1.00 bits per heavy atom. The molecule has 2 aromatic carbocycles. The third-order valence-corrected chi connectivity index (χ3v) is 5.90. The Hall–Kier alpha value is -3.36. The summed E-state index contributed by atoms with van der Waals surface area (Å²) in [5, 5.41) is 9.07. The molecule has 1 N–H and O–H groups in total. The lowest BCUT2D eigenvalue weighted by Crippen LogP contribution is -2.12. The van der Waals surface area contributed by atoms with Crippen molar-refractivity contribution in [1.29, 1.82) is 0 Å². The van der Waals surface area contributed by atoms with E-state index < -0.39 is 5.97 Å². The molecule has 2 heterocycles. The van der Waals surface area contributed by atoms with Crippen LogP contribution in [0.25, 0.3) is 0 Å². The number of ether oxygens (including phenoxy) is 1. The largest absolute Gasteiger partial charge is 0.426 e. The number of nitrogens with one attached hydrogen (secondary N) is 1. The van der Waals surface area contributed by atoms with Gasteiger partial charge in [-0.05, 0) is 53.4 Å². The Balaban J connectivity index is 1.29. The number of thiophene rings is 1. The molecule has 1 amide bonds. The highest BCUT2D eigenvalue weighted by atomic mass is 32.1. The van der Waals surface area contributed by atoms with Gasteiger partial charge in [0.1, 0.15) is 11.6 Å². The molecule has 31 heavy (non-hydrogen) atoms. The van der Waals surface area contributed by atoms with Crippen molar-refractivity contribution >= 4 is 40.2 Å². The summed E-state index contributed by atoms with van der Waals surface area (Å²) in [4.78, 5) is 28.8. The SMILES string of the molecule is O=C(Cc1csc(Cc2ccc(F)cc2)n1)Oc1ccc(NC(=O)c2ccsc2)cc1.